The molecule has 2 atom stereocenters. The molecule has 0 bridgehead atoms. The fourth-order valence-electron chi connectivity index (χ4n) is 3.13. The molecule has 0 fully saturated rings. The van der Waals surface area contributed by atoms with Crippen molar-refractivity contribution in [3.63, 3.8) is 0 Å². The zero-order valence-electron chi connectivity index (χ0n) is 14.6. The Morgan fingerprint density at radius 2 is 2.00 bits per heavy atom. The summed E-state index contributed by atoms with van der Waals surface area (Å²) in [6.45, 7) is 6.67. The number of nitrogens with zero attached hydrogens (tertiary/aromatic N) is 2. The smallest absolute Gasteiger partial charge is 0.253 e. The molecule has 1 aliphatic heterocycles. The first kappa shape index (κ1) is 17.8. The topological polar surface area (TPSA) is 53.0 Å². The summed E-state index contributed by atoms with van der Waals surface area (Å²) >= 11 is 0. The van der Waals surface area contributed by atoms with E-state index in [2.05, 4.69) is 4.90 Å². The lowest BCUT2D eigenvalue weighted by Crippen LogP contribution is -2.30. The fourth-order valence-corrected chi connectivity index (χ4v) is 3.13. The summed E-state index contributed by atoms with van der Waals surface area (Å²) < 4.78 is 5.78. The van der Waals surface area contributed by atoms with Crippen LogP contribution in [0.1, 0.15) is 42.3 Å². The molecule has 0 spiro atoms. The standard InChI is InChI=1S/C18H28N2O3/c1-5-20(6-2)18(22)13-7-8-16-15(11-13)17(21)14(9-10-23-16)12-19(3)4/h7-8,11,14,17,21H,5-6,9-10,12H2,1-4H3. The Kier molecular flexibility index (Phi) is 6.02. The Hall–Kier alpha value is -1.59. The first-order valence-corrected chi connectivity index (χ1v) is 8.36. The molecule has 1 heterocycles. The molecule has 1 aromatic carbocycles. The Bertz CT molecular complexity index is 541. The normalized spacial score (nSPS) is 20.6. The lowest BCUT2D eigenvalue weighted by molar-refractivity contribution is 0.0770. The molecule has 1 amide bonds. The van der Waals surface area contributed by atoms with E-state index in [-0.39, 0.29) is 11.8 Å². The highest BCUT2D eigenvalue weighted by Crippen LogP contribution is 2.36. The SMILES string of the molecule is CCN(CC)C(=O)c1ccc2c(c1)C(O)C(CN(C)C)CCO2. The van der Waals surface area contributed by atoms with Gasteiger partial charge in [-0.3, -0.25) is 4.79 Å². The van der Waals surface area contributed by atoms with Crippen LogP contribution in [0.3, 0.4) is 0 Å². The molecule has 128 valence electrons. The molecule has 0 aromatic heterocycles. The largest absolute Gasteiger partial charge is 0.493 e. The Morgan fingerprint density at radius 1 is 1.30 bits per heavy atom. The number of benzene rings is 1. The Morgan fingerprint density at radius 3 is 2.61 bits per heavy atom. The lowest BCUT2D eigenvalue weighted by Gasteiger charge is -2.24. The van der Waals surface area contributed by atoms with E-state index < -0.39 is 6.10 Å². The lowest BCUT2D eigenvalue weighted by atomic mass is 9.92. The highest BCUT2D eigenvalue weighted by molar-refractivity contribution is 5.94. The van der Waals surface area contributed by atoms with Crippen molar-refractivity contribution in [3.05, 3.63) is 29.3 Å². The minimum atomic E-state index is -0.612. The number of aliphatic hydroxyl groups excluding tert-OH is 1. The number of hydrogen-bond acceptors (Lipinski definition) is 4. The van der Waals surface area contributed by atoms with Crippen LogP contribution in [-0.4, -0.2) is 61.2 Å². The van der Waals surface area contributed by atoms with Gasteiger partial charge in [-0.1, -0.05) is 0 Å². The van der Waals surface area contributed by atoms with Gasteiger partial charge in [-0.2, -0.15) is 0 Å². The minimum Gasteiger partial charge on any atom is -0.493 e. The van der Waals surface area contributed by atoms with Crippen molar-refractivity contribution in [1.82, 2.24) is 9.80 Å². The van der Waals surface area contributed by atoms with Crippen molar-refractivity contribution in [2.45, 2.75) is 26.4 Å². The van der Waals surface area contributed by atoms with Gasteiger partial charge in [0.2, 0.25) is 0 Å². The van der Waals surface area contributed by atoms with Crippen LogP contribution in [-0.2, 0) is 0 Å². The summed E-state index contributed by atoms with van der Waals surface area (Å²) in [6, 6.07) is 5.40. The van der Waals surface area contributed by atoms with Gasteiger partial charge in [0.15, 0.2) is 0 Å². The zero-order valence-corrected chi connectivity index (χ0v) is 14.6. The molecule has 5 heteroatoms. The number of aliphatic hydroxyl groups is 1. The van der Waals surface area contributed by atoms with Gasteiger partial charge in [-0.05, 0) is 52.6 Å². The number of ether oxygens (including phenoxy) is 1. The number of carbonyl (C=O) groups is 1. The number of carbonyl (C=O) groups excluding carboxylic acids is 1. The summed E-state index contributed by atoms with van der Waals surface area (Å²) in [4.78, 5) is 16.4. The highest BCUT2D eigenvalue weighted by Gasteiger charge is 2.28. The third-order valence-corrected chi connectivity index (χ3v) is 4.42. The number of fused-ring (bicyclic) bond motifs is 1. The van der Waals surface area contributed by atoms with E-state index in [1.54, 1.807) is 17.0 Å². The molecule has 0 radical (unpaired) electrons. The van der Waals surface area contributed by atoms with E-state index in [0.29, 0.717) is 31.0 Å². The third kappa shape index (κ3) is 4.03. The Balaban J connectivity index is 2.31. The van der Waals surface area contributed by atoms with Crippen molar-refractivity contribution in [2.24, 2.45) is 5.92 Å². The summed E-state index contributed by atoms with van der Waals surface area (Å²) in [5.74, 6) is 0.790. The maximum Gasteiger partial charge on any atom is 0.253 e. The molecule has 1 N–H and O–H groups in total. The molecule has 1 aliphatic rings. The summed E-state index contributed by atoms with van der Waals surface area (Å²) in [6.07, 6.45) is 0.187. The first-order chi connectivity index (χ1) is 11.0. The van der Waals surface area contributed by atoms with E-state index >= 15 is 0 Å². The second-order valence-corrected chi connectivity index (χ2v) is 6.33. The molecular weight excluding hydrogens is 292 g/mol. The van der Waals surface area contributed by atoms with Gasteiger partial charge in [0.25, 0.3) is 5.91 Å². The van der Waals surface area contributed by atoms with Crippen molar-refractivity contribution < 1.29 is 14.6 Å². The minimum absolute atomic E-state index is 0.00148. The van der Waals surface area contributed by atoms with Crippen molar-refractivity contribution in [1.29, 1.82) is 0 Å². The second kappa shape index (κ2) is 7.79. The highest BCUT2D eigenvalue weighted by atomic mass is 16.5. The number of amides is 1. The van der Waals surface area contributed by atoms with E-state index in [9.17, 15) is 9.90 Å². The first-order valence-electron chi connectivity index (χ1n) is 8.36. The van der Waals surface area contributed by atoms with Gasteiger partial charge in [0.1, 0.15) is 5.75 Å². The van der Waals surface area contributed by atoms with Crippen molar-refractivity contribution in [2.75, 3.05) is 40.3 Å². The van der Waals surface area contributed by atoms with Gasteiger partial charge >= 0.3 is 0 Å². The molecule has 23 heavy (non-hydrogen) atoms. The fraction of sp³-hybridized carbons (Fsp3) is 0.611. The summed E-state index contributed by atoms with van der Waals surface area (Å²) in [7, 11) is 4.00. The maximum absolute atomic E-state index is 12.5. The average molecular weight is 320 g/mol. The van der Waals surface area contributed by atoms with E-state index in [0.717, 1.165) is 18.5 Å². The zero-order chi connectivity index (χ0) is 17.0. The molecule has 2 rings (SSSR count). The molecule has 1 aromatic rings. The van der Waals surface area contributed by atoms with Crippen LogP contribution in [0.2, 0.25) is 0 Å². The summed E-state index contributed by atoms with van der Waals surface area (Å²) in [5.41, 5.74) is 1.34. The molecule has 0 aliphatic carbocycles. The molecular formula is C18H28N2O3. The number of hydrogen-bond donors (Lipinski definition) is 1. The predicted molar refractivity (Wildman–Crippen MR) is 90.8 cm³/mol. The monoisotopic (exact) mass is 320 g/mol. The molecule has 5 nitrogen and oxygen atoms in total. The van der Waals surface area contributed by atoms with Crippen LogP contribution in [0.25, 0.3) is 0 Å². The van der Waals surface area contributed by atoms with E-state index in [4.69, 9.17) is 4.74 Å². The van der Waals surface area contributed by atoms with E-state index in [1.165, 1.54) is 0 Å². The van der Waals surface area contributed by atoms with Crippen LogP contribution in [0.5, 0.6) is 5.75 Å². The third-order valence-electron chi connectivity index (χ3n) is 4.42. The van der Waals surface area contributed by atoms with Gasteiger partial charge in [-0.25, -0.2) is 0 Å². The predicted octanol–water partition coefficient (Wildman–Crippen LogP) is 2.16. The van der Waals surface area contributed by atoms with Crippen molar-refractivity contribution in [3.8, 4) is 5.75 Å². The average Bonchev–Trinajstić information content (AvgIpc) is 2.68. The van der Waals surface area contributed by atoms with Gasteiger partial charge in [0.05, 0.1) is 12.7 Å². The molecule has 0 saturated heterocycles. The van der Waals surface area contributed by atoms with Gasteiger partial charge < -0.3 is 19.6 Å². The van der Waals surface area contributed by atoms with Crippen molar-refractivity contribution >= 4 is 5.91 Å². The molecule has 2 unspecified atom stereocenters. The van der Waals surface area contributed by atoms with E-state index in [1.807, 2.05) is 34.0 Å². The van der Waals surface area contributed by atoms with Crippen LogP contribution in [0.4, 0.5) is 0 Å². The Labute approximate surface area is 138 Å². The van der Waals surface area contributed by atoms with Crippen LogP contribution in [0.15, 0.2) is 18.2 Å². The summed E-state index contributed by atoms with van der Waals surface area (Å²) in [5, 5.41) is 10.8. The van der Waals surface area contributed by atoms with Crippen LogP contribution >= 0.6 is 0 Å². The second-order valence-electron chi connectivity index (χ2n) is 6.33. The van der Waals surface area contributed by atoms with Crippen LogP contribution < -0.4 is 4.74 Å². The van der Waals surface area contributed by atoms with Crippen LogP contribution in [0, 0.1) is 5.92 Å². The molecule has 0 saturated carbocycles. The quantitative estimate of drug-likeness (QED) is 0.903. The van der Waals surface area contributed by atoms with Gasteiger partial charge in [-0.15, -0.1) is 0 Å². The maximum atomic E-state index is 12.5. The van der Waals surface area contributed by atoms with Gasteiger partial charge in [0, 0.05) is 36.7 Å². The number of rotatable bonds is 5.